The third kappa shape index (κ3) is 3.24. The fourth-order valence-electron chi connectivity index (χ4n) is 2.06. The lowest BCUT2D eigenvalue weighted by Crippen LogP contribution is -2.39. The average molecular weight is 255 g/mol. The van der Waals surface area contributed by atoms with Gasteiger partial charge in [0.1, 0.15) is 5.82 Å². The number of thioether (sulfide) groups is 1. The van der Waals surface area contributed by atoms with Crippen LogP contribution >= 0.6 is 11.8 Å². The molecule has 0 amide bonds. The minimum Gasteiger partial charge on any atom is -0.374 e. The van der Waals surface area contributed by atoms with Crippen LogP contribution in [-0.4, -0.2) is 40.3 Å². The first-order chi connectivity index (χ1) is 8.33. The van der Waals surface area contributed by atoms with E-state index in [0.29, 0.717) is 0 Å². The molecule has 0 saturated carbocycles. The lowest BCUT2D eigenvalue weighted by atomic mass is 10.1. The first-order valence-corrected chi connectivity index (χ1v) is 7.38. The molecule has 2 heterocycles. The highest BCUT2D eigenvalue weighted by Gasteiger charge is 2.28. The molecule has 1 aromatic rings. The second-order valence-corrected chi connectivity index (χ2v) is 5.46. The van der Waals surface area contributed by atoms with E-state index >= 15 is 0 Å². The summed E-state index contributed by atoms with van der Waals surface area (Å²) >= 11 is 1.97. The second-order valence-electron chi connectivity index (χ2n) is 4.31. The summed E-state index contributed by atoms with van der Waals surface area (Å²) in [6, 6.07) is 0.211. The molecule has 1 aliphatic rings. The molecule has 2 unspecified atom stereocenters. The third-order valence-corrected chi connectivity index (χ3v) is 3.98. The van der Waals surface area contributed by atoms with Gasteiger partial charge in [-0.2, -0.15) is 11.8 Å². The summed E-state index contributed by atoms with van der Waals surface area (Å²) in [6.07, 6.45) is 5.21. The van der Waals surface area contributed by atoms with Gasteiger partial charge in [-0.15, -0.1) is 0 Å². The number of hydrogen-bond donors (Lipinski definition) is 1. The SMILES string of the molecule is CCCNC(c1nccn1C)C1CSCCO1. The predicted molar refractivity (Wildman–Crippen MR) is 71.3 cm³/mol. The number of imidazole rings is 1. The van der Waals surface area contributed by atoms with Gasteiger partial charge in [-0.25, -0.2) is 4.98 Å². The topological polar surface area (TPSA) is 39.1 Å². The van der Waals surface area contributed by atoms with E-state index in [1.807, 2.05) is 31.2 Å². The molecule has 4 nitrogen and oxygen atoms in total. The van der Waals surface area contributed by atoms with E-state index in [1.54, 1.807) is 0 Å². The maximum atomic E-state index is 5.88. The number of nitrogens with zero attached hydrogens (tertiary/aromatic N) is 2. The van der Waals surface area contributed by atoms with Gasteiger partial charge < -0.3 is 14.6 Å². The highest BCUT2D eigenvalue weighted by molar-refractivity contribution is 7.99. The highest BCUT2D eigenvalue weighted by atomic mass is 32.2. The van der Waals surface area contributed by atoms with E-state index in [4.69, 9.17) is 4.74 Å². The average Bonchev–Trinajstić information content (AvgIpc) is 2.78. The van der Waals surface area contributed by atoms with Gasteiger partial charge >= 0.3 is 0 Å². The molecule has 0 aromatic carbocycles. The van der Waals surface area contributed by atoms with Gasteiger partial charge in [0.15, 0.2) is 0 Å². The summed E-state index contributed by atoms with van der Waals surface area (Å²) in [6.45, 7) is 4.03. The standard InChI is InChI=1S/C12H21N3OS/c1-3-4-13-11(10-9-17-8-7-16-10)12-14-5-6-15(12)2/h5-6,10-11,13H,3-4,7-9H2,1-2H3. The van der Waals surface area contributed by atoms with Crippen molar-refractivity contribution in [3.05, 3.63) is 18.2 Å². The van der Waals surface area contributed by atoms with Crippen LogP contribution in [0, 0.1) is 0 Å². The first kappa shape index (κ1) is 12.9. The zero-order valence-corrected chi connectivity index (χ0v) is 11.4. The monoisotopic (exact) mass is 255 g/mol. The van der Waals surface area contributed by atoms with E-state index in [2.05, 4.69) is 21.8 Å². The van der Waals surface area contributed by atoms with Crippen LogP contribution in [-0.2, 0) is 11.8 Å². The Balaban J connectivity index is 2.09. The normalized spacial score (nSPS) is 22.6. The number of rotatable bonds is 5. The van der Waals surface area contributed by atoms with Gasteiger partial charge in [0.05, 0.1) is 18.8 Å². The molecule has 1 aliphatic heterocycles. The van der Waals surface area contributed by atoms with E-state index in [1.165, 1.54) is 0 Å². The minimum atomic E-state index is 0.211. The highest BCUT2D eigenvalue weighted by Crippen LogP contribution is 2.24. The van der Waals surface area contributed by atoms with Crippen LogP contribution < -0.4 is 5.32 Å². The molecule has 1 fully saturated rings. The van der Waals surface area contributed by atoms with Crippen molar-refractivity contribution < 1.29 is 4.74 Å². The summed E-state index contributed by atoms with van der Waals surface area (Å²) in [5.74, 6) is 3.23. The Morgan fingerprint density at radius 1 is 1.71 bits per heavy atom. The molecule has 0 spiro atoms. The van der Waals surface area contributed by atoms with E-state index in [-0.39, 0.29) is 12.1 Å². The van der Waals surface area contributed by atoms with Crippen molar-refractivity contribution in [2.24, 2.45) is 7.05 Å². The van der Waals surface area contributed by atoms with Crippen molar-refractivity contribution in [2.45, 2.75) is 25.5 Å². The summed E-state index contributed by atoms with van der Waals surface area (Å²) in [4.78, 5) is 4.46. The maximum Gasteiger partial charge on any atom is 0.128 e. The van der Waals surface area contributed by atoms with Crippen LogP contribution in [0.25, 0.3) is 0 Å². The van der Waals surface area contributed by atoms with Gasteiger partial charge in [0.2, 0.25) is 0 Å². The van der Waals surface area contributed by atoms with Gasteiger partial charge in [-0.1, -0.05) is 6.92 Å². The van der Waals surface area contributed by atoms with Crippen LogP contribution in [0.2, 0.25) is 0 Å². The molecular weight excluding hydrogens is 234 g/mol. The smallest absolute Gasteiger partial charge is 0.128 e. The van der Waals surface area contributed by atoms with Crippen molar-refractivity contribution in [2.75, 3.05) is 24.7 Å². The molecule has 2 rings (SSSR count). The molecule has 96 valence electrons. The lowest BCUT2D eigenvalue weighted by Gasteiger charge is -2.30. The second kappa shape index (κ2) is 6.42. The van der Waals surface area contributed by atoms with Gasteiger partial charge in [-0.05, 0) is 13.0 Å². The molecule has 0 bridgehead atoms. The van der Waals surface area contributed by atoms with Crippen LogP contribution in [0.3, 0.4) is 0 Å². The van der Waals surface area contributed by atoms with E-state index in [9.17, 15) is 0 Å². The molecule has 1 saturated heterocycles. The quantitative estimate of drug-likeness (QED) is 0.867. The van der Waals surface area contributed by atoms with Crippen LogP contribution in [0.1, 0.15) is 25.2 Å². The summed E-state index contributed by atoms with van der Waals surface area (Å²) < 4.78 is 7.96. The lowest BCUT2D eigenvalue weighted by molar-refractivity contribution is 0.0438. The number of ether oxygens (including phenoxy) is 1. The Morgan fingerprint density at radius 2 is 2.59 bits per heavy atom. The van der Waals surface area contributed by atoms with Crippen molar-refractivity contribution >= 4 is 11.8 Å². The molecular formula is C12H21N3OS. The molecule has 0 radical (unpaired) electrons. The summed E-state index contributed by atoms with van der Waals surface area (Å²) in [5, 5.41) is 3.56. The molecule has 17 heavy (non-hydrogen) atoms. The number of aromatic nitrogens is 2. The summed E-state index contributed by atoms with van der Waals surface area (Å²) in [7, 11) is 2.04. The van der Waals surface area contributed by atoms with Crippen LogP contribution in [0.4, 0.5) is 0 Å². The Hall–Kier alpha value is -0.520. The van der Waals surface area contributed by atoms with Gasteiger partial charge in [0.25, 0.3) is 0 Å². The number of nitrogens with one attached hydrogen (secondary N) is 1. The molecule has 5 heteroatoms. The Labute approximate surface area is 107 Å². The van der Waals surface area contributed by atoms with Crippen molar-refractivity contribution in [1.82, 2.24) is 14.9 Å². The molecule has 0 aliphatic carbocycles. The third-order valence-electron chi connectivity index (χ3n) is 2.96. The van der Waals surface area contributed by atoms with Crippen molar-refractivity contribution in [3.8, 4) is 0 Å². The minimum absolute atomic E-state index is 0.211. The molecule has 2 atom stereocenters. The molecule has 1 N–H and O–H groups in total. The Bertz CT molecular complexity index is 336. The largest absolute Gasteiger partial charge is 0.374 e. The molecule has 1 aromatic heterocycles. The number of aryl methyl sites for hydroxylation is 1. The first-order valence-electron chi connectivity index (χ1n) is 6.23. The predicted octanol–water partition coefficient (Wildman–Crippen LogP) is 1.59. The number of hydrogen-bond acceptors (Lipinski definition) is 4. The van der Waals surface area contributed by atoms with Crippen LogP contribution in [0.5, 0.6) is 0 Å². The van der Waals surface area contributed by atoms with Gasteiger partial charge in [0, 0.05) is 30.9 Å². The fraction of sp³-hybridized carbons (Fsp3) is 0.750. The summed E-state index contributed by atoms with van der Waals surface area (Å²) in [5.41, 5.74) is 0. The van der Waals surface area contributed by atoms with E-state index in [0.717, 1.165) is 36.9 Å². The maximum absolute atomic E-state index is 5.88. The van der Waals surface area contributed by atoms with Crippen LogP contribution in [0.15, 0.2) is 12.4 Å². The Kier molecular flexibility index (Phi) is 4.88. The van der Waals surface area contributed by atoms with Crippen molar-refractivity contribution in [3.63, 3.8) is 0 Å². The zero-order valence-electron chi connectivity index (χ0n) is 10.6. The fourth-order valence-corrected chi connectivity index (χ4v) is 2.97. The zero-order chi connectivity index (χ0) is 12.1. The van der Waals surface area contributed by atoms with Crippen molar-refractivity contribution in [1.29, 1.82) is 0 Å². The Morgan fingerprint density at radius 3 is 3.18 bits per heavy atom. The van der Waals surface area contributed by atoms with E-state index < -0.39 is 0 Å². The van der Waals surface area contributed by atoms with Gasteiger partial charge in [-0.3, -0.25) is 0 Å².